The Morgan fingerprint density at radius 2 is 1.08 bits per heavy atom. The molecule has 0 radical (unpaired) electrons. The van der Waals surface area contributed by atoms with Gasteiger partial charge in [0.15, 0.2) is 0 Å². The van der Waals surface area contributed by atoms with Gasteiger partial charge in [0, 0.05) is 34.2 Å². The molecule has 0 saturated carbocycles. The highest BCUT2D eigenvalue weighted by molar-refractivity contribution is 6.17. The number of aromatic nitrogens is 3. The molecule has 7 aromatic rings. The van der Waals surface area contributed by atoms with Crippen LogP contribution >= 0.6 is 0 Å². The molecule has 0 spiro atoms. The Kier molecular flexibility index (Phi) is 4.38. The van der Waals surface area contributed by atoms with Gasteiger partial charge in [0.05, 0.1) is 22.1 Å². The first kappa shape index (κ1) is 20.4. The van der Waals surface area contributed by atoms with Crippen molar-refractivity contribution in [1.29, 1.82) is 0 Å². The van der Waals surface area contributed by atoms with Crippen molar-refractivity contribution < 1.29 is 0 Å². The molecule has 0 aliphatic rings. The van der Waals surface area contributed by atoms with Gasteiger partial charge in [-0.2, -0.15) is 0 Å². The third-order valence-corrected chi connectivity index (χ3v) is 6.82. The summed E-state index contributed by atoms with van der Waals surface area (Å²) in [6.07, 6.45) is 3.64. The van der Waals surface area contributed by atoms with E-state index in [1.165, 1.54) is 4.57 Å². The van der Waals surface area contributed by atoms with Crippen LogP contribution in [0.2, 0.25) is 0 Å². The van der Waals surface area contributed by atoms with Crippen LogP contribution in [-0.2, 0) is 0 Å². The van der Waals surface area contributed by atoms with E-state index in [1.807, 2.05) is 91.1 Å². The molecule has 5 heteroatoms. The van der Waals surface area contributed by atoms with Crippen LogP contribution in [0.5, 0.6) is 0 Å². The summed E-state index contributed by atoms with van der Waals surface area (Å²) in [6, 6.07) is 32.5. The van der Waals surface area contributed by atoms with Crippen molar-refractivity contribution in [2.45, 2.75) is 0 Å². The van der Waals surface area contributed by atoms with Gasteiger partial charge in [-0.3, -0.25) is 14.6 Å². The number of para-hydroxylation sites is 2. The topological polar surface area (TPSA) is 56.9 Å². The van der Waals surface area contributed by atoms with Gasteiger partial charge in [-0.1, -0.05) is 54.6 Å². The van der Waals surface area contributed by atoms with Crippen LogP contribution in [0.15, 0.2) is 125 Å². The third-order valence-electron chi connectivity index (χ3n) is 6.82. The monoisotopic (exact) mass is 465 g/mol. The Balaban J connectivity index is 1.77. The fourth-order valence-electron chi connectivity index (χ4n) is 5.21. The molecule has 3 heterocycles. The number of hydrogen-bond donors (Lipinski definition) is 0. The van der Waals surface area contributed by atoms with Gasteiger partial charge < -0.3 is 4.57 Å². The van der Waals surface area contributed by atoms with Gasteiger partial charge in [-0.15, -0.1) is 0 Å². The molecule has 3 aromatic heterocycles. The molecule has 0 atom stereocenters. The molecule has 7 rings (SSSR count). The summed E-state index contributed by atoms with van der Waals surface area (Å²) in [6.45, 7) is 0. The van der Waals surface area contributed by atoms with Crippen molar-refractivity contribution >= 4 is 43.4 Å². The minimum Gasteiger partial charge on any atom is -0.309 e. The first-order chi connectivity index (χ1) is 17.7. The summed E-state index contributed by atoms with van der Waals surface area (Å²) in [5.74, 6) is 0. The summed E-state index contributed by atoms with van der Waals surface area (Å²) in [4.78, 5) is 32.2. The van der Waals surface area contributed by atoms with E-state index in [1.54, 1.807) is 24.4 Å². The number of fused-ring (bicyclic) bond motifs is 6. The molecule has 0 N–H and O–H groups in total. The number of rotatable bonds is 2. The molecule has 0 fully saturated rings. The van der Waals surface area contributed by atoms with Crippen LogP contribution < -0.4 is 11.1 Å². The quantitative estimate of drug-likeness (QED) is 0.315. The molecule has 0 bridgehead atoms. The zero-order valence-electron chi connectivity index (χ0n) is 19.1. The van der Waals surface area contributed by atoms with Crippen molar-refractivity contribution in [2.75, 3.05) is 0 Å². The Bertz CT molecular complexity index is 2080. The zero-order chi connectivity index (χ0) is 24.2. The second-order valence-electron chi connectivity index (χ2n) is 8.81. The summed E-state index contributed by atoms with van der Waals surface area (Å²) in [7, 11) is 0. The molecule has 0 aliphatic carbocycles. The van der Waals surface area contributed by atoms with E-state index >= 15 is 0 Å². The molecule has 5 nitrogen and oxygen atoms in total. The smallest absolute Gasteiger partial charge is 0.266 e. The lowest BCUT2D eigenvalue weighted by molar-refractivity contribution is 0.976. The van der Waals surface area contributed by atoms with Gasteiger partial charge in [-0.25, -0.2) is 4.57 Å². The van der Waals surface area contributed by atoms with Gasteiger partial charge in [0.1, 0.15) is 0 Å². The number of benzene rings is 4. The molecule has 0 unspecified atom stereocenters. The van der Waals surface area contributed by atoms with Crippen molar-refractivity contribution in [2.24, 2.45) is 0 Å². The van der Waals surface area contributed by atoms with Crippen molar-refractivity contribution in [3.63, 3.8) is 0 Å². The van der Waals surface area contributed by atoms with Crippen LogP contribution in [0.1, 0.15) is 0 Å². The van der Waals surface area contributed by atoms with E-state index in [2.05, 4.69) is 9.55 Å². The Morgan fingerprint density at radius 3 is 1.81 bits per heavy atom. The maximum absolute atomic E-state index is 14.1. The van der Waals surface area contributed by atoms with E-state index < -0.39 is 0 Å². The molecule has 4 aromatic carbocycles. The molecular formula is C31H19N3O2. The highest BCUT2D eigenvalue weighted by Crippen LogP contribution is 2.35. The molecule has 0 amide bonds. The van der Waals surface area contributed by atoms with Gasteiger partial charge in [-0.05, 0) is 59.3 Å². The summed E-state index contributed by atoms with van der Waals surface area (Å²) in [5, 5.41) is 4.43. The number of hydrogen-bond acceptors (Lipinski definition) is 3. The van der Waals surface area contributed by atoms with E-state index in [0.717, 1.165) is 38.3 Å². The highest BCUT2D eigenvalue weighted by atomic mass is 16.2. The largest absolute Gasteiger partial charge is 0.309 e. The lowest BCUT2D eigenvalue weighted by Gasteiger charge is -2.08. The Morgan fingerprint density at radius 1 is 0.472 bits per heavy atom. The maximum atomic E-state index is 14.1. The van der Waals surface area contributed by atoms with Crippen molar-refractivity contribution in [1.82, 2.24) is 14.1 Å². The first-order valence-corrected chi connectivity index (χ1v) is 11.7. The van der Waals surface area contributed by atoms with Crippen LogP contribution in [0, 0.1) is 0 Å². The number of pyridine rings is 1. The van der Waals surface area contributed by atoms with Crippen molar-refractivity contribution in [3.8, 4) is 11.4 Å². The molecular weight excluding hydrogens is 446 g/mol. The predicted octanol–water partition coefficient (Wildman–Crippen LogP) is 6.00. The third kappa shape index (κ3) is 2.86. The average Bonchev–Trinajstić information content (AvgIpc) is 3.22. The fourth-order valence-corrected chi connectivity index (χ4v) is 5.21. The molecule has 170 valence electrons. The van der Waals surface area contributed by atoms with E-state index in [0.29, 0.717) is 16.5 Å². The van der Waals surface area contributed by atoms with Crippen LogP contribution in [0.3, 0.4) is 0 Å². The SMILES string of the molecule is O=c1c2ccccc2c2cc3c4cnccc4n(-c4ccccc4)c3cc2c(=O)n1-c1ccccc1. The standard InChI is InChI=1S/C31H19N3O2/c35-30-23-14-8-7-13-22(23)24-17-25-27-19-32-16-15-28(27)33(20-9-3-1-4-10-20)29(25)18-26(24)31(36)34(30)21-11-5-2-6-12-21/h1-19H. The predicted molar refractivity (Wildman–Crippen MR) is 145 cm³/mol. The lowest BCUT2D eigenvalue weighted by atomic mass is 10.0. The van der Waals surface area contributed by atoms with Gasteiger partial charge in [0.25, 0.3) is 11.1 Å². The summed E-state index contributed by atoms with van der Waals surface area (Å²) < 4.78 is 3.43. The van der Waals surface area contributed by atoms with Crippen molar-refractivity contribution in [3.05, 3.63) is 136 Å². The van der Waals surface area contributed by atoms with Crippen LogP contribution in [0.25, 0.3) is 54.7 Å². The van der Waals surface area contributed by atoms with E-state index in [-0.39, 0.29) is 11.1 Å². The second-order valence-corrected chi connectivity index (χ2v) is 8.81. The Labute approximate surface area is 205 Å². The Hall–Kier alpha value is -5.03. The average molecular weight is 466 g/mol. The number of nitrogens with zero attached hydrogens (tertiary/aromatic N) is 3. The minimum absolute atomic E-state index is 0.333. The van der Waals surface area contributed by atoms with Crippen LogP contribution in [-0.4, -0.2) is 14.1 Å². The second kappa shape index (κ2) is 7.75. The summed E-state index contributed by atoms with van der Waals surface area (Å²) >= 11 is 0. The molecule has 36 heavy (non-hydrogen) atoms. The zero-order valence-corrected chi connectivity index (χ0v) is 19.1. The normalized spacial score (nSPS) is 11.6. The molecule has 0 saturated heterocycles. The van der Waals surface area contributed by atoms with E-state index in [4.69, 9.17) is 0 Å². The van der Waals surface area contributed by atoms with Crippen LogP contribution in [0.4, 0.5) is 0 Å². The highest BCUT2D eigenvalue weighted by Gasteiger charge is 2.17. The first-order valence-electron chi connectivity index (χ1n) is 11.7. The minimum atomic E-state index is -0.345. The summed E-state index contributed by atoms with van der Waals surface area (Å²) in [5.41, 5.74) is 2.74. The van der Waals surface area contributed by atoms with Gasteiger partial charge >= 0.3 is 0 Å². The lowest BCUT2D eigenvalue weighted by Crippen LogP contribution is -2.28. The molecule has 0 aliphatic heterocycles. The van der Waals surface area contributed by atoms with Gasteiger partial charge in [0.2, 0.25) is 0 Å². The van der Waals surface area contributed by atoms with E-state index in [9.17, 15) is 9.59 Å². The maximum Gasteiger partial charge on any atom is 0.266 e. The fraction of sp³-hybridized carbons (Fsp3) is 0.